The highest BCUT2D eigenvalue weighted by Gasteiger charge is 2.29. The van der Waals surface area contributed by atoms with Crippen LogP contribution in [0.3, 0.4) is 0 Å². The molecule has 3 atom stereocenters. The topological polar surface area (TPSA) is 152 Å². The van der Waals surface area contributed by atoms with Crippen LogP contribution in [0.1, 0.15) is 57.9 Å². The summed E-state index contributed by atoms with van der Waals surface area (Å²) in [6.07, 6.45) is -0.697. The van der Waals surface area contributed by atoms with Gasteiger partial charge in [-0.15, -0.1) is 22.7 Å². The maximum Gasteiger partial charge on any atom is 0.271 e. The summed E-state index contributed by atoms with van der Waals surface area (Å²) >= 11 is 2.55. The minimum atomic E-state index is -1.22. The maximum absolute atomic E-state index is 13.2. The van der Waals surface area contributed by atoms with Crippen molar-refractivity contribution >= 4 is 40.4 Å². The molecule has 13 heteroatoms. The van der Waals surface area contributed by atoms with E-state index in [2.05, 4.69) is 25.9 Å². The molecule has 0 radical (unpaired) electrons. The summed E-state index contributed by atoms with van der Waals surface area (Å²) < 4.78 is 10.7. The second-order valence-corrected chi connectivity index (χ2v) is 11.3. The van der Waals surface area contributed by atoms with E-state index in [1.807, 2.05) is 49.4 Å². The number of hydrogen-bond donors (Lipinski definition) is 4. The number of thiazole rings is 2. The number of hydrogen-bond acceptors (Lipinski definition) is 10. The van der Waals surface area contributed by atoms with Crippen LogP contribution in [0.15, 0.2) is 59.3 Å². The fourth-order valence-corrected chi connectivity index (χ4v) is 5.93. The average molecular weight is 608 g/mol. The van der Waals surface area contributed by atoms with Crippen molar-refractivity contribution in [2.45, 2.75) is 45.0 Å². The Morgan fingerprint density at radius 3 is 2.45 bits per heavy atom. The monoisotopic (exact) mass is 607 g/mol. The summed E-state index contributed by atoms with van der Waals surface area (Å²) in [6.45, 7) is 3.74. The predicted octanol–water partition coefficient (Wildman–Crippen LogP) is 3.67. The number of nitrogens with zero attached hydrogens (tertiary/aromatic N) is 2. The second-order valence-electron chi connectivity index (χ2n) is 9.51. The van der Waals surface area contributed by atoms with Crippen molar-refractivity contribution in [1.29, 1.82) is 0 Å². The first-order valence-corrected chi connectivity index (χ1v) is 15.0. The summed E-state index contributed by atoms with van der Waals surface area (Å²) in [5.74, 6) is -0.205. The van der Waals surface area contributed by atoms with Crippen molar-refractivity contribution in [2.24, 2.45) is 0 Å². The molecule has 0 aliphatic carbocycles. The molecular weight excluding hydrogens is 578 g/mol. The lowest BCUT2D eigenvalue weighted by atomic mass is 10.1. The van der Waals surface area contributed by atoms with Gasteiger partial charge in [-0.1, -0.05) is 43.3 Å². The number of benzene rings is 2. The van der Waals surface area contributed by atoms with E-state index in [0.29, 0.717) is 27.9 Å². The van der Waals surface area contributed by atoms with Crippen LogP contribution >= 0.6 is 22.7 Å². The van der Waals surface area contributed by atoms with Crippen molar-refractivity contribution in [2.75, 3.05) is 6.79 Å². The number of amides is 3. The molecule has 42 heavy (non-hydrogen) atoms. The summed E-state index contributed by atoms with van der Waals surface area (Å²) in [7, 11) is 0. The minimum Gasteiger partial charge on any atom is -0.454 e. The third-order valence-corrected chi connectivity index (χ3v) is 8.33. The Morgan fingerprint density at radius 1 is 0.952 bits per heavy atom. The Balaban J connectivity index is 1.19. The molecule has 0 unspecified atom stereocenters. The Kier molecular flexibility index (Phi) is 9.10. The SMILES string of the molecule is CC[C@H](NC(=O)[C@@H](NC(=O)c1csc(-c2ccccc2)n1)[C@@H](C)O)c1nc(C(=O)NCc2ccc3c(c2)OCO3)cs1. The van der Waals surface area contributed by atoms with Crippen LogP contribution in [-0.4, -0.2) is 51.7 Å². The van der Waals surface area contributed by atoms with Crippen LogP contribution in [0.2, 0.25) is 0 Å². The summed E-state index contributed by atoms with van der Waals surface area (Å²) in [5, 5.41) is 23.0. The molecule has 0 saturated carbocycles. The zero-order valence-corrected chi connectivity index (χ0v) is 24.5. The van der Waals surface area contributed by atoms with Crippen LogP contribution < -0.4 is 25.4 Å². The van der Waals surface area contributed by atoms with E-state index < -0.39 is 30.0 Å². The third kappa shape index (κ3) is 6.75. The number of aromatic nitrogens is 2. The number of fused-ring (bicyclic) bond motifs is 1. The fourth-order valence-electron chi connectivity index (χ4n) is 4.19. The van der Waals surface area contributed by atoms with E-state index in [1.54, 1.807) is 16.8 Å². The molecule has 0 saturated heterocycles. The van der Waals surface area contributed by atoms with Gasteiger partial charge in [0.2, 0.25) is 12.7 Å². The van der Waals surface area contributed by atoms with Gasteiger partial charge < -0.3 is 30.5 Å². The zero-order chi connectivity index (χ0) is 29.6. The number of ether oxygens (including phenoxy) is 2. The van der Waals surface area contributed by atoms with Gasteiger partial charge >= 0.3 is 0 Å². The molecule has 1 aliphatic heterocycles. The molecule has 4 N–H and O–H groups in total. The van der Waals surface area contributed by atoms with Crippen molar-refractivity contribution in [3.8, 4) is 22.1 Å². The average Bonchev–Trinajstić information content (AvgIpc) is 3.78. The maximum atomic E-state index is 13.2. The fraction of sp³-hybridized carbons (Fsp3) is 0.276. The number of rotatable bonds is 11. The molecule has 0 bridgehead atoms. The highest BCUT2D eigenvalue weighted by atomic mass is 32.1. The van der Waals surface area contributed by atoms with E-state index in [4.69, 9.17) is 9.47 Å². The molecule has 1 aliphatic rings. The normalized spacial score (nSPS) is 14.1. The number of nitrogens with one attached hydrogen (secondary N) is 3. The van der Waals surface area contributed by atoms with E-state index in [9.17, 15) is 19.5 Å². The van der Waals surface area contributed by atoms with Crippen molar-refractivity contribution in [3.63, 3.8) is 0 Å². The van der Waals surface area contributed by atoms with Gasteiger partial charge in [0.15, 0.2) is 11.5 Å². The molecule has 0 spiro atoms. The molecule has 3 amide bonds. The van der Waals surface area contributed by atoms with Crippen molar-refractivity contribution in [1.82, 2.24) is 25.9 Å². The Hall–Kier alpha value is -4.33. The first kappa shape index (κ1) is 29.2. The zero-order valence-electron chi connectivity index (χ0n) is 22.8. The van der Waals surface area contributed by atoms with E-state index in [-0.39, 0.29) is 30.6 Å². The lowest BCUT2D eigenvalue weighted by Gasteiger charge is -2.23. The highest BCUT2D eigenvalue weighted by Crippen LogP contribution is 2.32. The first-order chi connectivity index (χ1) is 20.3. The molecule has 5 rings (SSSR count). The van der Waals surface area contributed by atoms with Gasteiger partial charge in [0.1, 0.15) is 27.4 Å². The predicted molar refractivity (Wildman–Crippen MR) is 158 cm³/mol. The molecule has 2 aromatic heterocycles. The van der Waals surface area contributed by atoms with Gasteiger partial charge in [-0.05, 0) is 31.0 Å². The van der Waals surface area contributed by atoms with Crippen LogP contribution in [0.4, 0.5) is 0 Å². The molecule has 218 valence electrons. The van der Waals surface area contributed by atoms with Crippen LogP contribution in [0.25, 0.3) is 10.6 Å². The van der Waals surface area contributed by atoms with Crippen LogP contribution in [0.5, 0.6) is 11.5 Å². The smallest absolute Gasteiger partial charge is 0.271 e. The molecule has 4 aromatic rings. The van der Waals surface area contributed by atoms with Gasteiger partial charge in [-0.2, -0.15) is 0 Å². The van der Waals surface area contributed by atoms with E-state index >= 15 is 0 Å². The third-order valence-electron chi connectivity index (χ3n) is 6.48. The lowest BCUT2D eigenvalue weighted by Crippen LogP contribution is -2.53. The first-order valence-electron chi connectivity index (χ1n) is 13.2. The van der Waals surface area contributed by atoms with Crippen molar-refractivity contribution in [3.05, 3.63) is 81.2 Å². The number of carbonyl (C=O) groups is 3. The van der Waals surface area contributed by atoms with Crippen LogP contribution in [-0.2, 0) is 11.3 Å². The summed E-state index contributed by atoms with van der Waals surface area (Å²) in [4.78, 5) is 47.6. The van der Waals surface area contributed by atoms with Gasteiger partial charge in [0, 0.05) is 22.9 Å². The van der Waals surface area contributed by atoms with Crippen molar-refractivity contribution < 1.29 is 29.0 Å². The molecular formula is C29H29N5O6S2. The van der Waals surface area contributed by atoms with Gasteiger partial charge in [-0.25, -0.2) is 9.97 Å². The Bertz CT molecular complexity index is 1570. The van der Waals surface area contributed by atoms with Crippen LogP contribution in [0, 0.1) is 0 Å². The standard InChI is InChI=1S/C29H29N5O6S2/c1-3-19(29-33-20(13-42-29)25(36)30-12-17-9-10-22-23(11-17)40-15-39-22)31-27(38)24(16(2)35)34-26(37)21-14-41-28(32-21)18-7-5-4-6-8-18/h4-11,13-14,16,19,24,35H,3,12,15H2,1-2H3,(H,30,36)(H,31,38)(H,34,37)/t16-,19+,24+/m1/s1. The molecule has 2 aromatic carbocycles. The van der Waals surface area contributed by atoms with Gasteiger partial charge in [0.05, 0.1) is 12.1 Å². The van der Waals surface area contributed by atoms with Gasteiger partial charge in [-0.3, -0.25) is 14.4 Å². The Morgan fingerprint density at radius 2 is 1.69 bits per heavy atom. The minimum absolute atomic E-state index is 0.153. The number of carbonyl (C=O) groups excluding carboxylic acids is 3. The number of aliphatic hydroxyl groups is 1. The van der Waals surface area contributed by atoms with Gasteiger partial charge in [0.25, 0.3) is 11.8 Å². The molecule has 11 nitrogen and oxygen atoms in total. The molecule has 3 heterocycles. The summed E-state index contributed by atoms with van der Waals surface area (Å²) in [6, 6.07) is 13.1. The highest BCUT2D eigenvalue weighted by molar-refractivity contribution is 7.13. The molecule has 0 fully saturated rings. The van der Waals surface area contributed by atoms with E-state index in [0.717, 1.165) is 11.1 Å². The number of aliphatic hydroxyl groups excluding tert-OH is 1. The Labute approximate surface area is 249 Å². The quantitative estimate of drug-likeness (QED) is 0.202. The van der Waals surface area contributed by atoms with E-state index in [1.165, 1.54) is 29.6 Å². The largest absolute Gasteiger partial charge is 0.454 e. The summed E-state index contributed by atoms with van der Waals surface area (Å²) in [5.41, 5.74) is 2.10. The lowest BCUT2D eigenvalue weighted by molar-refractivity contribution is -0.126. The second kappa shape index (κ2) is 13.1.